The third-order valence-electron chi connectivity index (χ3n) is 5.47. The molecule has 2 fully saturated rings. The highest BCUT2D eigenvalue weighted by atomic mass is 32.1. The molecule has 2 aromatic rings. The number of hydrogen-bond donors (Lipinski definition) is 2. The second-order valence-corrected chi connectivity index (χ2v) is 8.05. The average Bonchev–Trinajstić information content (AvgIpc) is 3.26. The van der Waals surface area contributed by atoms with Crippen LogP contribution in [0.2, 0.25) is 0 Å². The zero-order valence-electron chi connectivity index (χ0n) is 13.5. The van der Waals surface area contributed by atoms with E-state index in [4.69, 9.17) is 0 Å². The maximum absolute atomic E-state index is 12.5. The van der Waals surface area contributed by atoms with E-state index in [-0.39, 0.29) is 5.91 Å². The van der Waals surface area contributed by atoms with Gasteiger partial charge in [0.25, 0.3) is 5.91 Å². The highest BCUT2D eigenvalue weighted by Crippen LogP contribution is 2.42. The fourth-order valence-electron chi connectivity index (χ4n) is 4.27. The molecule has 0 unspecified atom stereocenters. The zero-order valence-corrected chi connectivity index (χ0v) is 14.3. The highest BCUT2D eigenvalue weighted by Gasteiger charge is 2.34. The molecule has 2 aromatic heterocycles. The van der Waals surface area contributed by atoms with Gasteiger partial charge in [0.05, 0.1) is 10.7 Å². The van der Waals surface area contributed by atoms with Gasteiger partial charge in [0.1, 0.15) is 5.69 Å². The maximum Gasteiger partial charge on any atom is 0.267 e. The Morgan fingerprint density at radius 3 is 3.00 bits per heavy atom. The number of hydrogen-bond acceptors (Lipinski definition) is 3. The first-order valence-electron chi connectivity index (χ1n) is 8.61. The van der Waals surface area contributed by atoms with Gasteiger partial charge in [0.15, 0.2) is 0 Å². The molecule has 0 bridgehead atoms. The summed E-state index contributed by atoms with van der Waals surface area (Å²) in [5, 5.41) is 6.30. The summed E-state index contributed by atoms with van der Waals surface area (Å²) in [6.45, 7) is 1.99. The molecule has 1 amide bonds. The number of carbonyl (C=O) groups excluding carboxylic acids is 1. The fourth-order valence-corrected chi connectivity index (χ4v) is 4.89. The standard InChI is InChI=1S/C18H23N3OS/c1-11-20-17(10-23-11)14-8-16(19-9-14)18(22)21-15-6-5-12-3-2-4-13(12)7-15/h8-10,12-13,15,19H,2-7H2,1H3,(H,21,22)/t12-,13-,15+/m0/s1. The Kier molecular flexibility index (Phi) is 3.97. The van der Waals surface area contributed by atoms with E-state index in [1.54, 1.807) is 11.3 Å². The van der Waals surface area contributed by atoms with Crippen LogP contribution in [0.25, 0.3) is 11.3 Å². The zero-order chi connectivity index (χ0) is 15.8. The van der Waals surface area contributed by atoms with Crippen molar-refractivity contribution in [1.29, 1.82) is 0 Å². The maximum atomic E-state index is 12.5. The van der Waals surface area contributed by atoms with Gasteiger partial charge in [-0.1, -0.05) is 19.3 Å². The van der Waals surface area contributed by atoms with E-state index >= 15 is 0 Å². The summed E-state index contributed by atoms with van der Waals surface area (Å²) >= 11 is 1.63. The first-order chi connectivity index (χ1) is 11.2. The summed E-state index contributed by atoms with van der Waals surface area (Å²) in [6, 6.07) is 2.25. The number of nitrogens with one attached hydrogen (secondary N) is 2. The van der Waals surface area contributed by atoms with Crippen molar-refractivity contribution in [3.8, 4) is 11.3 Å². The van der Waals surface area contributed by atoms with E-state index in [2.05, 4.69) is 15.3 Å². The van der Waals surface area contributed by atoms with Gasteiger partial charge >= 0.3 is 0 Å². The van der Waals surface area contributed by atoms with E-state index in [0.717, 1.165) is 40.9 Å². The molecule has 2 aliphatic carbocycles. The van der Waals surface area contributed by atoms with Crippen LogP contribution < -0.4 is 5.32 Å². The number of carbonyl (C=O) groups is 1. The van der Waals surface area contributed by atoms with Gasteiger partial charge in [-0.25, -0.2) is 4.98 Å². The van der Waals surface area contributed by atoms with Crippen LogP contribution in [0, 0.1) is 18.8 Å². The number of nitrogens with zero attached hydrogens (tertiary/aromatic N) is 1. The number of aromatic amines is 1. The minimum atomic E-state index is 0.0182. The summed E-state index contributed by atoms with van der Waals surface area (Å²) < 4.78 is 0. The lowest BCUT2D eigenvalue weighted by atomic mass is 9.79. The van der Waals surface area contributed by atoms with Crippen molar-refractivity contribution in [1.82, 2.24) is 15.3 Å². The Hall–Kier alpha value is -1.62. The summed E-state index contributed by atoms with van der Waals surface area (Å²) in [6.07, 6.45) is 9.58. The lowest BCUT2D eigenvalue weighted by Gasteiger charge is -2.32. The summed E-state index contributed by atoms with van der Waals surface area (Å²) in [7, 11) is 0. The second-order valence-electron chi connectivity index (χ2n) is 6.99. The number of amides is 1. The second kappa shape index (κ2) is 6.11. The van der Waals surface area contributed by atoms with Crippen molar-refractivity contribution in [3.05, 3.63) is 28.3 Å². The van der Waals surface area contributed by atoms with Crippen LogP contribution in [-0.2, 0) is 0 Å². The van der Waals surface area contributed by atoms with E-state index in [1.165, 1.54) is 25.7 Å². The monoisotopic (exact) mass is 329 g/mol. The van der Waals surface area contributed by atoms with Crippen molar-refractivity contribution < 1.29 is 4.79 Å². The molecule has 0 radical (unpaired) electrons. The van der Waals surface area contributed by atoms with Crippen molar-refractivity contribution in [2.75, 3.05) is 0 Å². The molecule has 2 heterocycles. The Morgan fingerprint density at radius 2 is 2.17 bits per heavy atom. The van der Waals surface area contributed by atoms with Gasteiger partial charge in [-0.3, -0.25) is 4.79 Å². The molecular formula is C18H23N3OS. The first-order valence-corrected chi connectivity index (χ1v) is 9.49. The number of rotatable bonds is 3. The van der Waals surface area contributed by atoms with E-state index in [9.17, 15) is 4.79 Å². The lowest BCUT2D eigenvalue weighted by Crippen LogP contribution is -2.39. The normalized spacial score (nSPS) is 26.9. The molecule has 2 aliphatic rings. The Labute approximate surface area is 140 Å². The van der Waals surface area contributed by atoms with Gasteiger partial charge < -0.3 is 10.3 Å². The van der Waals surface area contributed by atoms with Crippen LogP contribution in [0.1, 0.15) is 54.0 Å². The number of fused-ring (bicyclic) bond motifs is 1. The quantitative estimate of drug-likeness (QED) is 0.889. The lowest BCUT2D eigenvalue weighted by molar-refractivity contribution is 0.0906. The van der Waals surface area contributed by atoms with Gasteiger partial charge in [-0.05, 0) is 44.1 Å². The third kappa shape index (κ3) is 3.07. The summed E-state index contributed by atoms with van der Waals surface area (Å²) in [5.41, 5.74) is 2.56. The predicted molar refractivity (Wildman–Crippen MR) is 92.6 cm³/mol. The Bertz CT molecular complexity index is 705. The molecule has 0 saturated heterocycles. The van der Waals surface area contributed by atoms with Crippen molar-refractivity contribution >= 4 is 17.2 Å². The largest absolute Gasteiger partial charge is 0.357 e. The number of aryl methyl sites for hydroxylation is 1. The molecule has 5 heteroatoms. The van der Waals surface area contributed by atoms with Crippen LogP contribution in [0.15, 0.2) is 17.6 Å². The Balaban J connectivity index is 1.40. The van der Waals surface area contributed by atoms with E-state index in [0.29, 0.717) is 11.7 Å². The molecule has 0 aromatic carbocycles. The minimum Gasteiger partial charge on any atom is -0.357 e. The van der Waals surface area contributed by atoms with Crippen LogP contribution in [0.3, 0.4) is 0 Å². The average molecular weight is 329 g/mol. The smallest absolute Gasteiger partial charge is 0.267 e. The topological polar surface area (TPSA) is 57.8 Å². The van der Waals surface area contributed by atoms with E-state index in [1.807, 2.05) is 24.6 Å². The molecule has 2 N–H and O–H groups in total. The molecule has 4 nitrogen and oxygen atoms in total. The predicted octanol–water partition coefficient (Wildman–Crippen LogP) is 4.15. The van der Waals surface area contributed by atoms with E-state index < -0.39 is 0 Å². The third-order valence-corrected chi connectivity index (χ3v) is 6.24. The van der Waals surface area contributed by atoms with Crippen LogP contribution in [0.4, 0.5) is 0 Å². The van der Waals surface area contributed by atoms with Crippen LogP contribution in [0.5, 0.6) is 0 Å². The molecule has 3 atom stereocenters. The summed E-state index contributed by atoms with van der Waals surface area (Å²) in [5.74, 6) is 1.78. The van der Waals surface area contributed by atoms with Crippen molar-refractivity contribution in [3.63, 3.8) is 0 Å². The molecular weight excluding hydrogens is 306 g/mol. The SMILES string of the molecule is Cc1nc(-c2c[nH]c(C(=O)N[C@@H]3CC[C@@H]4CCC[C@H]4C3)c2)cs1. The molecule has 0 spiro atoms. The molecule has 4 rings (SSSR count). The molecule has 2 saturated carbocycles. The Morgan fingerprint density at radius 1 is 1.30 bits per heavy atom. The number of aromatic nitrogens is 2. The first kappa shape index (κ1) is 14.9. The number of H-pyrrole nitrogens is 1. The molecule has 0 aliphatic heterocycles. The van der Waals surface area contributed by atoms with Crippen LogP contribution in [-0.4, -0.2) is 21.9 Å². The van der Waals surface area contributed by atoms with Gasteiger partial charge in [0, 0.05) is 23.2 Å². The van der Waals surface area contributed by atoms with Crippen LogP contribution >= 0.6 is 11.3 Å². The van der Waals surface area contributed by atoms with Gasteiger partial charge in [-0.15, -0.1) is 11.3 Å². The summed E-state index contributed by atoms with van der Waals surface area (Å²) in [4.78, 5) is 20.1. The minimum absolute atomic E-state index is 0.0182. The van der Waals surface area contributed by atoms with Crippen molar-refractivity contribution in [2.24, 2.45) is 11.8 Å². The van der Waals surface area contributed by atoms with Crippen molar-refractivity contribution in [2.45, 2.75) is 51.5 Å². The fraction of sp³-hybridized carbons (Fsp3) is 0.556. The highest BCUT2D eigenvalue weighted by molar-refractivity contribution is 7.09. The molecule has 122 valence electrons. The van der Waals surface area contributed by atoms with Gasteiger partial charge in [-0.2, -0.15) is 0 Å². The van der Waals surface area contributed by atoms with Gasteiger partial charge in [0.2, 0.25) is 0 Å². The number of thiazole rings is 1. The molecule has 23 heavy (non-hydrogen) atoms.